The van der Waals surface area contributed by atoms with Gasteiger partial charge in [0.25, 0.3) is 0 Å². The molecule has 1 aliphatic heterocycles. The predicted octanol–water partition coefficient (Wildman–Crippen LogP) is 0.525. The lowest BCUT2D eigenvalue weighted by Crippen LogP contribution is -2.52. The van der Waals surface area contributed by atoms with Gasteiger partial charge in [-0.3, -0.25) is 14.2 Å². The summed E-state index contributed by atoms with van der Waals surface area (Å²) in [4.78, 5) is 28.8. The fourth-order valence-corrected chi connectivity index (χ4v) is 6.23. The molecule has 0 amide bonds. The summed E-state index contributed by atoms with van der Waals surface area (Å²) in [6.07, 6.45) is -2.91. The second-order valence-electron chi connectivity index (χ2n) is 10.7. The number of carbonyl (C=O) groups excluding carboxylic acids is 2. The van der Waals surface area contributed by atoms with Crippen molar-refractivity contribution < 1.29 is 43.1 Å². The van der Waals surface area contributed by atoms with Gasteiger partial charge in [0.1, 0.15) is 47.8 Å². The second kappa shape index (κ2) is 12.6. The van der Waals surface area contributed by atoms with Crippen molar-refractivity contribution in [3.05, 3.63) is 24.2 Å². The van der Waals surface area contributed by atoms with Crippen LogP contribution in [0.25, 0.3) is 5.52 Å². The number of ether oxygens (including phenoxy) is 3. The minimum absolute atomic E-state index is 0.0511. The lowest BCUT2D eigenvalue weighted by atomic mass is 9.80. The number of fused-ring (bicyclic) bond motifs is 1. The standard InChI is InChI=1S/C25H38N7O9P/c1-13(2)39-22(34)15(5)30-42(37,31-16(6)23(35)40-14(3)4)38-10-18-20(33)24(7,36)25(11-26,41-18)19-9-8-17-21(27)28-12-29-32(17)19/h8-9,12-16,18,20,33,36H,10H2,1-7H3,(H2,27,28,29)(H2,30,31,37)/t15-,16-,18+,20+,24+,25-/m0/s1. The molecule has 1 fully saturated rings. The molecule has 1 saturated heterocycles. The van der Waals surface area contributed by atoms with Crippen LogP contribution in [-0.4, -0.2) is 85.5 Å². The topological polar surface area (TPSA) is 233 Å². The van der Waals surface area contributed by atoms with Crippen LogP contribution in [0.4, 0.5) is 5.82 Å². The summed E-state index contributed by atoms with van der Waals surface area (Å²) in [5.41, 5.74) is 1.89. The van der Waals surface area contributed by atoms with E-state index in [1.807, 2.05) is 6.07 Å². The number of esters is 2. The number of rotatable bonds is 12. The molecule has 17 heteroatoms. The van der Waals surface area contributed by atoms with Crippen LogP contribution in [0, 0.1) is 11.3 Å². The molecule has 0 unspecified atom stereocenters. The number of aliphatic hydroxyl groups excluding tert-OH is 1. The molecule has 6 N–H and O–H groups in total. The summed E-state index contributed by atoms with van der Waals surface area (Å²) in [5.74, 6) is -1.37. The average molecular weight is 612 g/mol. The van der Waals surface area contributed by atoms with Gasteiger partial charge in [-0.05, 0) is 60.6 Å². The Hall–Kier alpha value is -3.16. The highest BCUT2D eigenvalue weighted by Crippen LogP contribution is 2.49. The van der Waals surface area contributed by atoms with Gasteiger partial charge in [0.15, 0.2) is 5.82 Å². The summed E-state index contributed by atoms with van der Waals surface area (Å²) in [6, 6.07) is 2.59. The molecule has 16 nitrogen and oxygen atoms in total. The van der Waals surface area contributed by atoms with Crippen LogP contribution in [0.1, 0.15) is 54.2 Å². The maximum Gasteiger partial charge on any atom is 0.342 e. The van der Waals surface area contributed by atoms with Crippen LogP contribution in [0.2, 0.25) is 0 Å². The van der Waals surface area contributed by atoms with E-state index in [1.54, 1.807) is 27.7 Å². The van der Waals surface area contributed by atoms with Gasteiger partial charge >= 0.3 is 19.6 Å². The van der Waals surface area contributed by atoms with Crippen LogP contribution in [0.5, 0.6) is 0 Å². The first-order chi connectivity index (χ1) is 19.5. The third kappa shape index (κ3) is 6.57. The third-order valence-electron chi connectivity index (χ3n) is 6.53. The van der Waals surface area contributed by atoms with Crippen LogP contribution in [0.3, 0.4) is 0 Å². The summed E-state index contributed by atoms with van der Waals surface area (Å²) >= 11 is 0. The van der Waals surface area contributed by atoms with Crippen molar-refractivity contribution in [3.8, 4) is 6.07 Å². The summed E-state index contributed by atoms with van der Waals surface area (Å²) < 4.78 is 37.1. The molecule has 0 spiro atoms. The molecular weight excluding hydrogens is 573 g/mol. The fraction of sp³-hybridized carbons (Fsp3) is 0.640. The normalized spacial score (nSPS) is 25.9. The first-order valence-electron chi connectivity index (χ1n) is 13.3. The van der Waals surface area contributed by atoms with E-state index in [9.17, 15) is 29.6 Å². The van der Waals surface area contributed by atoms with E-state index < -0.39 is 73.9 Å². The minimum Gasteiger partial charge on any atom is -0.462 e. The molecule has 0 bridgehead atoms. The van der Waals surface area contributed by atoms with Crippen molar-refractivity contribution >= 4 is 30.9 Å². The molecule has 0 aromatic carbocycles. The Bertz CT molecular complexity index is 1360. The number of nitrogens with two attached hydrogens (primary N) is 1. The molecule has 0 radical (unpaired) electrons. The Morgan fingerprint density at radius 2 is 1.71 bits per heavy atom. The highest BCUT2D eigenvalue weighted by molar-refractivity contribution is 7.54. The van der Waals surface area contributed by atoms with Gasteiger partial charge in [0, 0.05) is 0 Å². The van der Waals surface area contributed by atoms with Gasteiger partial charge in [-0.1, -0.05) is 0 Å². The van der Waals surface area contributed by atoms with E-state index in [1.165, 1.54) is 37.4 Å². The van der Waals surface area contributed by atoms with Crippen molar-refractivity contribution in [1.82, 2.24) is 24.8 Å². The molecular formula is C25H38N7O9P. The zero-order chi connectivity index (χ0) is 31.6. The van der Waals surface area contributed by atoms with Gasteiger partial charge in [-0.2, -0.15) is 10.4 Å². The molecule has 0 aliphatic carbocycles. The number of aliphatic hydroxyl groups is 2. The summed E-state index contributed by atoms with van der Waals surface area (Å²) in [7, 11) is -4.30. The van der Waals surface area contributed by atoms with E-state index in [4.69, 9.17) is 24.5 Å². The van der Waals surface area contributed by atoms with Crippen molar-refractivity contribution in [2.24, 2.45) is 0 Å². The van der Waals surface area contributed by atoms with Gasteiger partial charge in [-0.25, -0.2) is 19.7 Å². The third-order valence-corrected chi connectivity index (χ3v) is 8.49. The molecule has 3 rings (SSSR count). The molecule has 2 aromatic heterocycles. The number of hydrogen-bond acceptors (Lipinski definition) is 13. The summed E-state index contributed by atoms with van der Waals surface area (Å²) in [5, 5.41) is 41.9. The van der Waals surface area contributed by atoms with Crippen LogP contribution >= 0.6 is 7.67 Å². The van der Waals surface area contributed by atoms with E-state index in [-0.39, 0.29) is 11.5 Å². The number of carbonyl (C=O) groups is 2. The Morgan fingerprint density at radius 1 is 1.17 bits per heavy atom. The molecule has 6 atom stereocenters. The Balaban J connectivity index is 1.90. The molecule has 0 saturated carbocycles. The van der Waals surface area contributed by atoms with Crippen molar-refractivity contribution in [3.63, 3.8) is 0 Å². The Morgan fingerprint density at radius 3 is 2.21 bits per heavy atom. The predicted molar refractivity (Wildman–Crippen MR) is 147 cm³/mol. The largest absolute Gasteiger partial charge is 0.462 e. The van der Waals surface area contributed by atoms with Crippen LogP contribution in [0.15, 0.2) is 18.5 Å². The van der Waals surface area contributed by atoms with E-state index in [0.29, 0.717) is 5.52 Å². The lowest BCUT2D eigenvalue weighted by molar-refractivity contribution is -0.149. The van der Waals surface area contributed by atoms with Gasteiger partial charge in [0.2, 0.25) is 5.60 Å². The maximum atomic E-state index is 14.0. The first-order valence-corrected chi connectivity index (χ1v) is 14.9. The van der Waals surface area contributed by atoms with Gasteiger partial charge < -0.3 is 34.7 Å². The van der Waals surface area contributed by atoms with Crippen LogP contribution < -0.4 is 15.9 Å². The number of nitriles is 1. The smallest absolute Gasteiger partial charge is 0.342 e. The molecule has 42 heavy (non-hydrogen) atoms. The number of hydrogen-bond donors (Lipinski definition) is 5. The van der Waals surface area contributed by atoms with E-state index in [0.717, 1.165) is 6.33 Å². The summed E-state index contributed by atoms with van der Waals surface area (Å²) in [6.45, 7) is 9.89. The van der Waals surface area contributed by atoms with Crippen molar-refractivity contribution in [1.29, 1.82) is 5.26 Å². The highest BCUT2D eigenvalue weighted by Gasteiger charge is 2.65. The number of nitrogens with zero attached hydrogens (tertiary/aromatic N) is 4. The van der Waals surface area contributed by atoms with Gasteiger partial charge in [0.05, 0.1) is 24.5 Å². The zero-order valence-electron chi connectivity index (χ0n) is 24.5. The number of nitrogens with one attached hydrogen (secondary N) is 2. The number of anilines is 1. The van der Waals surface area contributed by atoms with Crippen molar-refractivity contribution in [2.45, 2.75) is 96.2 Å². The second-order valence-corrected chi connectivity index (χ2v) is 12.6. The molecule has 232 valence electrons. The molecule has 1 aliphatic rings. The lowest BCUT2D eigenvalue weighted by Gasteiger charge is -2.33. The van der Waals surface area contributed by atoms with E-state index in [2.05, 4.69) is 20.3 Å². The monoisotopic (exact) mass is 611 g/mol. The average Bonchev–Trinajstić information content (AvgIpc) is 3.40. The number of nitrogen functional groups attached to an aromatic ring is 1. The SMILES string of the molecule is CC(C)OC(=O)[C@H](C)NP(=O)(N[C@@H](C)C(=O)OC(C)C)OC[C@H]1O[C@@](C#N)(c2ccc3c(N)ncnn23)[C@](C)(O)[C@@H]1O. The highest BCUT2D eigenvalue weighted by atomic mass is 31.2. The quantitative estimate of drug-likeness (QED) is 0.163. The van der Waals surface area contributed by atoms with Crippen molar-refractivity contribution in [2.75, 3.05) is 12.3 Å². The Kier molecular flexibility index (Phi) is 10.0. The zero-order valence-corrected chi connectivity index (χ0v) is 25.4. The minimum atomic E-state index is -4.30. The fourth-order valence-electron chi connectivity index (χ4n) is 4.42. The number of aromatic nitrogens is 3. The molecule has 2 aromatic rings. The Labute approximate surface area is 243 Å². The van der Waals surface area contributed by atoms with E-state index >= 15 is 0 Å². The first kappa shape index (κ1) is 33.3. The molecule has 3 heterocycles. The van der Waals surface area contributed by atoms with Gasteiger partial charge in [-0.15, -0.1) is 0 Å². The van der Waals surface area contributed by atoms with Crippen LogP contribution in [-0.2, 0) is 38.5 Å². The maximum absolute atomic E-state index is 14.0.